The lowest BCUT2D eigenvalue weighted by Crippen LogP contribution is -2.13. The lowest BCUT2D eigenvalue weighted by Gasteiger charge is -2.04. The highest BCUT2D eigenvalue weighted by molar-refractivity contribution is 5.86. The summed E-state index contributed by atoms with van der Waals surface area (Å²) in [6, 6.07) is 0. The van der Waals surface area contributed by atoms with Crippen LogP contribution in [-0.2, 0) is 33.4 Å². The molecule has 0 aliphatic carbocycles. The van der Waals surface area contributed by atoms with E-state index in [1.54, 1.807) is 0 Å². The Labute approximate surface area is 110 Å². The lowest BCUT2D eigenvalue weighted by molar-refractivity contribution is -0.160. The van der Waals surface area contributed by atoms with Crippen molar-refractivity contribution in [2.45, 2.75) is 26.2 Å². The number of hydrogen-bond acceptors (Lipinski definition) is 7. The molecule has 0 fully saturated rings. The van der Waals surface area contributed by atoms with Crippen LogP contribution >= 0.6 is 0 Å². The second-order valence-corrected chi connectivity index (χ2v) is 3.41. The Morgan fingerprint density at radius 2 is 1.58 bits per heavy atom. The molecule has 0 saturated heterocycles. The third kappa shape index (κ3) is 10.7. The van der Waals surface area contributed by atoms with E-state index in [0.717, 1.165) is 13.0 Å². The number of hydrogen-bond donors (Lipinski definition) is 0. The molecule has 19 heavy (non-hydrogen) atoms. The summed E-state index contributed by atoms with van der Waals surface area (Å²) in [5.74, 6) is -2.62. The topological polar surface area (TPSA) is 96.0 Å². The molecule has 0 amide bonds. The summed E-state index contributed by atoms with van der Waals surface area (Å²) in [6.07, 6.45) is 0.998. The predicted octanol–water partition coefficient (Wildman–Crippen LogP) is 0.519. The first-order chi connectivity index (χ1) is 8.95. The van der Waals surface area contributed by atoms with Gasteiger partial charge in [0.2, 0.25) is 0 Å². The van der Waals surface area contributed by atoms with Gasteiger partial charge in [-0.3, -0.25) is 14.4 Å². The fourth-order valence-corrected chi connectivity index (χ4v) is 0.964. The first kappa shape index (κ1) is 16.8. The van der Waals surface area contributed by atoms with Crippen LogP contribution in [0.3, 0.4) is 0 Å². The van der Waals surface area contributed by atoms with Crippen molar-refractivity contribution in [1.82, 2.24) is 0 Å². The molecule has 106 valence electrons. The Morgan fingerprint density at radius 3 is 2.16 bits per heavy atom. The van der Waals surface area contributed by atoms with E-state index in [1.807, 2.05) is 0 Å². The van der Waals surface area contributed by atoms with Gasteiger partial charge in [-0.05, 0) is 0 Å². The first-order valence-corrected chi connectivity index (χ1v) is 5.61. The summed E-state index contributed by atoms with van der Waals surface area (Å²) in [5, 5.41) is 0. The fourth-order valence-electron chi connectivity index (χ4n) is 0.964. The Kier molecular flexibility index (Phi) is 8.68. The van der Waals surface area contributed by atoms with Crippen molar-refractivity contribution < 1.29 is 33.4 Å². The summed E-state index contributed by atoms with van der Waals surface area (Å²) < 4.78 is 13.6. The van der Waals surface area contributed by atoms with Gasteiger partial charge in [0.1, 0.15) is 0 Å². The number of carbonyl (C=O) groups excluding carboxylic acids is 4. The Balaban J connectivity index is 3.54. The molecule has 0 bridgehead atoms. The van der Waals surface area contributed by atoms with Crippen molar-refractivity contribution in [3.8, 4) is 0 Å². The summed E-state index contributed by atoms with van der Waals surface area (Å²) >= 11 is 0. The average molecular weight is 272 g/mol. The van der Waals surface area contributed by atoms with Gasteiger partial charge in [-0.2, -0.15) is 0 Å². The second kappa shape index (κ2) is 9.81. The van der Waals surface area contributed by atoms with Gasteiger partial charge in [0.15, 0.2) is 0 Å². The fraction of sp³-hybridized carbons (Fsp3) is 0.500. The average Bonchev–Trinajstić information content (AvgIpc) is 2.34. The van der Waals surface area contributed by atoms with Crippen LogP contribution in [0.2, 0.25) is 0 Å². The first-order valence-electron chi connectivity index (χ1n) is 5.61. The lowest BCUT2D eigenvalue weighted by atomic mass is 10.3. The molecule has 0 aromatic heterocycles. The van der Waals surface area contributed by atoms with Crippen LogP contribution in [0.1, 0.15) is 26.2 Å². The number of carbonyl (C=O) groups is 4. The van der Waals surface area contributed by atoms with Crippen LogP contribution in [0.4, 0.5) is 0 Å². The molecule has 7 heteroatoms. The molecule has 0 atom stereocenters. The molecule has 0 aliphatic rings. The van der Waals surface area contributed by atoms with E-state index in [-0.39, 0.29) is 26.1 Å². The maximum absolute atomic E-state index is 11.1. The van der Waals surface area contributed by atoms with Gasteiger partial charge >= 0.3 is 23.9 Å². The molecule has 0 N–H and O–H groups in total. The van der Waals surface area contributed by atoms with Gasteiger partial charge in [0.05, 0.1) is 26.1 Å². The van der Waals surface area contributed by atoms with Crippen LogP contribution < -0.4 is 0 Å². The molecule has 0 aromatic rings. The van der Waals surface area contributed by atoms with Crippen molar-refractivity contribution in [2.24, 2.45) is 0 Å². The van der Waals surface area contributed by atoms with Gasteiger partial charge in [0.25, 0.3) is 0 Å². The minimum Gasteiger partial charge on any atom is -0.466 e. The van der Waals surface area contributed by atoms with Gasteiger partial charge in [-0.1, -0.05) is 6.58 Å². The molecule has 7 nitrogen and oxygen atoms in total. The van der Waals surface area contributed by atoms with Crippen LogP contribution in [0.5, 0.6) is 0 Å². The maximum Gasteiger partial charge on any atom is 0.330 e. The summed E-state index contributed by atoms with van der Waals surface area (Å²) in [4.78, 5) is 43.1. The van der Waals surface area contributed by atoms with Crippen molar-refractivity contribution in [2.75, 3.05) is 13.2 Å². The molecular formula is C12H16O7. The van der Waals surface area contributed by atoms with E-state index >= 15 is 0 Å². The summed E-state index contributed by atoms with van der Waals surface area (Å²) in [7, 11) is 0. The quantitative estimate of drug-likeness (QED) is 0.209. The number of esters is 4. The summed E-state index contributed by atoms with van der Waals surface area (Å²) in [5.41, 5.74) is 0. The largest absolute Gasteiger partial charge is 0.466 e. The molecular weight excluding hydrogens is 256 g/mol. The number of rotatable bonds is 8. The Hall–Kier alpha value is -2.18. The second-order valence-electron chi connectivity index (χ2n) is 3.41. The zero-order valence-electron chi connectivity index (χ0n) is 10.7. The Bertz CT molecular complexity index is 359. The molecule has 0 aliphatic heterocycles. The smallest absolute Gasteiger partial charge is 0.330 e. The monoisotopic (exact) mass is 272 g/mol. The van der Waals surface area contributed by atoms with Gasteiger partial charge in [0, 0.05) is 19.4 Å². The highest BCUT2D eigenvalue weighted by Crippen LogP contribution is 1.97. The predicted molar refractivity (Wildman–Crippen MR) is 62.7 cm³/mol. The maximum atomic E-state index is 11.1. The molecule has 0 rings (SSSR count). The van der Waals surface area contributed by atoms with Crippen molar-refractivity contribution >= 4 is 23.9 Å². The molecule has 0 radical (unpaired) electrons. The SMILES string of the molecule is C=CC(=O)OCCCOC(=O)CCC(=O)OC(C)=O. The van der Waals surface area contributed by atoms with Gasteiger partial charge in [-0.15, -0.1) is 0 Å². The molecule has 0 saturated carbocycles. The molecule has 0 unspecified atom stereocenters. The van der Waals surface area contributed by atoms with Crippen molar-refractivity contribution in [1.29, 1.82) is 0 Å². The van der Waals surface area contributed by atoms with Crippen molar-refractivity contribution in [3.63, 3.8) is 0 Å². The zero-order chi connectivity index (χ0) is 14.7. The normalized spacial score (nSPS) is 9.32. The Morgan fingerprint density at radius 1 is 1.00 bits per heavy atom. The third-order valence-electron chi connectivity index (χ3n) is 1.75. The summed E-state index contributed by atoms with van der Waals surface area (Å²) in [6.45, 7) is 4.51. The molecule has 0 heterocycles. The standard InChI is InChI=1S/C12H16O7/c1-3-10(14)17-7-4-8-18-11(15)5-6-12(16)19-9(2)13/h3H,1,4-8H2,2H3. The molecule has 0 aromatic carbocycles. The van der Waals surface area contributed by atoms with Crippen molar-refractivity contribution in [3.05, 3.63) is 12.7 Å². The van der Waals surface area contributed by atoms with Gasteiger partial charge < -0.3 is 14.2 Å². The van der Waals surface area contributed by atoms with Gasteiger partial charge in [-0.25, -0.2) is 4.79 Å². The van der Waals surface area contributed by atoms with E-state index in [9.17, 15) is 19.2 Å². The van der Waals surface area contributed by atoms with E-state index in [1.165, 1.54) is 0 Å². The minimum atomic E-state index is -0.774. The number of ether oxygens (including phenoxy) is 3. The molecule has 0 spiro atoms. The highest BCUT2D eigenvalue weighted by Gasteiger charge is 2.10. The van der Waals surface area contributed by atoms with E-state index in [2.05, 4.69) is 16.1 Å². The van der Waals surface area contributed by atoms with E-state index < -0.39 is 23.9 Å². The third-order valence-corrected chi connectivity index (χ3v) is 1.75. The minimum absolute atomic E-state index is 0.0744. The highest BCUT2D eigenvalue weighted by atomic mass is 16.6. The van der Waals surface area contributed by atoms with Crippen LogP contribution in [0.15, 0.2) is 12.7 Å². The zero-order valence-corrected chi connectivity index (χ0v) is 10.7. The van der Waals surface area contributed by atoms with Crippen LogP contribution in [0.25, 0.3) is 0 Å². The van der Waals surface area contributed by atoms with E-state index in [0.29, 0.717) is 6.42 Å². The van der Waals surface area contributed by atoms with Crippen LogP contribution in [-0.4, -0.2) is 37.1 Å². The van der Waals surface area contributed by atoms with E-state index in [4.69, 9.17) is 4.74 Å². The van der Waals surface area contributed by atoms with Crippen LogP contribution in [0, 0.1) is 0 Å².